The molecule has 0 aliphatic carbocycles. The highest BCUT2D eigenvalue weighted by Crippen LogP contribution is 2.28. The van der Waals surface area contributed by atoms with Crippen LogP contribution in [-0.2, 0) is 0 Å². The minimum Gasteiger partial charge on any atom is -0.496 e. The third-order valence-electron chi connectivity index (χ3n) is 4.06. The lowest BCUT2D eigenvalue weighted by atomic mass is 9.92. The molecule has 5 heteroatoms. The van der Waals surface area contributed by atoms with Crippen LogP contribution in [0.3, 0.4) is 0 Å². The van der Waals surface area contributed by atoms with Crippen LogP contribution in [0.25, 0.3) is 0 Å². The van der Waals surface area contributed by atoms with Crippen LogP contribution in [-0.4, -0.2) is 39.3 Å². The number of hydrogen-bond donors (Lipinski definition) is 2. The summed E-state index contributed by atoms with van der Waals surface area (Å²) >= 11 is 0. The van der Waals surface area contributed by atoms with E-state index in [0.29, 0.717) is 23.0 Å². The summed E-state index contributed by atoms with van der Waals surface area (Å²) in [7, 11) is 3.11. The lowest BCUT2D eigenvalue weighted by molar-refractivity contribution is 0.0915. The maximum atomic E-state index is 12.6. The van der Waals surface area contributed by atoms with Crippen molar-refractivity contribution < 1.29 is 14.3 Å². The van der Waals surface area contributed by atoms with Crippen LogP contribution in [0.2, 0.25) is 0 Å². The lowest BCUT2D eigenvalue weighted by Gasteiger charge is -2.29. The van der Waals surface area contributed by atoms with Gasteiger partial charge in [-0.3, -0.25) is 4.79 Å². The molecule has 1 aromatic carbocycles. The number of methoxy groups -OCH3 is 2. The molecule has 2 N–H and O–H groups in total. The topological polar surface area (TPSA) is 59.6 Å². The zero-order valence-corrected chi connectivity index (χ0v) is 12.9. The van der Waals surface area contributed by atoms with Crippen LogP contribution in [0.1, 0.15) is 30.1 Å². The fraction of sp³-hybridized carbons (Fsp3) is 0.562. The molecule has 1 saturated heterocycles. The van der Waals surface area contributed by atoms with E-state index in [-0.39, 0.29) is 11.9 Å². The molecule has 2 atom stereocenters. The Labute approximate surface area is 126 Å². The standard InChI is InChI=1S/C16H24N2O3/c1-11(12-6-5-9-17-10-12)18-16(19)15-13(20-2)7-4-8-14(15)21-3/h4,7-8,11-12,17H,5-6,9-10H2,1-3H3,(H,18,19). The largest absolute Gasteiger partial charge is 0.496 e. The van der Waals surface area contributed by atoms with Gasteiger partial charge >= 0.3 is 0 Å². The summed E-state index contributed by atoms with van der Waals surface area (Å²) in [4.78, 5) is 12.6. The average molecular weight is 292 g/mol. The lowest BCUT2D eigenvalue weighted by Crippen LogP contribution is -2.44. The smallest absolute Gasteiger partial charge is 0.259 e. The molecule has 116 valence electrons. The van der Waals surface area contributed by atoms with Crippen molar-refractivity contribution >= 4 is 5.91 Å². The zero-order valence-electron chi connectivity index (χ0n) is 12.9. The highest BCUT2D eigenvalue weighted by Gasteiger charge is 2.24. The predicted octanol–water partition coefficient (Wildman–Crippen LogP) is 1.82. The number of carbonyl (C=O) groups is 1. The summed E-state index contributed by atoms with van der Waals surface area (Å²) < 4.78 is 10.6. The van der Waals surface area contributed by atoms with Crippen molar-refractivity contribution in [3.05, 3.63) is 23.8 Å². The first-order valence-corrected chi connectivity index (χ1v) is 7.40. The molecule has 21 heavy (non-hydrogen) atoms. The van der Waals surface area contributed by atoms with E-state index < -0.39 is 0 Å². The highest BCUT2D eigenvalue weighted by atomic mass is 16.5. The van der Waals surface area contributed by atoms with E-state index in [1.165, 1.54) is 0 Å². The molecule has 0 bridgehead atoms. The number of benzene rings is 1. The minimum absolute atomic E-state index is 0.111. The molecule has 2 rings (SSSR count). The van der Waals surface area contributed by atoms with Crippen molar-refractivity contribution in [2.45, 2.75) is 25.8 Å². The molecule has 1 aliphatic rings. The first-order chi connectivity index (χ1) is 10.2. The van der Waals surface area contributed by atoms with Gasteiger partial charge in [0.1, 0.15) is 17.1 Å². The Bertz CT molecular complexity index is 462. The van der Waals surface area contributed by atoms with Crippen molar-refractivity contribution in [2.75, 3.05) is 27.3 Å². The monoisotopic (exact) mass is 292 g/mol. The van der Waals surface area contributed by atoms with Crippen LogP contribution in [0.4, 0.5) is 0 Å². The SMILES string of the molecule is COc1cccc(OC)c1C(=O)NC(C)C1CCCNC1. The normalized spacial score (nSPS) is 19.7. The van der Waals surface area contributed by atoms with E-state index in [0.717, 1.165) is 25.9 Å². The second-order valence-electron chi connectivity index (χ2n) is 5.41. The summed E-state index contributed by atoms with van der Waals surface area (Å²) in [5.41, 5.74) is 0.457. The van der Waals surface area contributed by atoms with E-state index in [1.807, 2.05) is 6.07 Å². The van der Waals surface area contributed by atoms with Gasteiger partial charge in [-0.05, 0) is 50.9 Å². The second kappa shape index (κ2) is 7.31. The number of nitrogens with one attached hydrogen (secondary N) is 2. The quantitative estimate of drug-likeness (QED) is 0.869. The number of ether oxygens (including phenoxy) is 2. The number of carbonyl (C=O) groups excluding carboxylic acids is 1. The van der Waals surface area contributed by atoms with Gasteiger partial charge in [-0.1, -0.05) is 6.07 Å². The van der Waals surface area contributed by atoms with Crippen molar-refractivity contribution in [1.29, 1.82) is 0 Å². The van der Waals surface area contributed by atoms with Crippen molar-refractivity contribution in [1.82, 2.24) is 10.6 Å². The zero-order chi connectivity index (χ0) is 15.2. The van der Waals surface area contributed by atoms with Crippen LogP contribution >= 0.6 is 0 Å². The van der Waals surface area contributed by atoms with Crippen LogP contribution in [0.15, 0.2) is 18.2 Å². The third-order valence-corrected chi connectivity index (χ3v) is 4.06. The van der Waals surface area contributed by atoms with Gasteiger partial charge < -0.3 is 20.1 Å². The molecule has 2 unspecified atom stereocenters. The molecule has 0 radical (unpaired) electrons. The molecule has 0 spiro atoms. The second-order valence-corrected chi connectivity index (χ2v) is 5.41. The van der Waals surface area contributed by atoms with Gasteiger partial charge in [0.2, 0.25) is 0 Å². The summed E-state index contributed by atoms with van der Waals surface area (Å²) in [5.74, 6) is 1.37. The molecule has 1 heterocycles. The van der Waals surface area contributed by atoms with Crippen molar-refractivity contribution in [3.8, 4) is 11.5 Å². The molecule has 0 saturated carbocycles. The molecule has 1 aliphatic heterocycles. The van der Waals surface area contributed by atoms with Gasteiger partial charge in [0.15, 0.2) is 0 Å². The first-order valence-electron chi connectivity index (χ1n) is 7.40. The van der Waals surface area contributed by atoms with Crippen LogP contribution in [0, 0.1) is 5.92 Å². The minimum atomic E-state index is -0.151. The van der Waals surface area contributed by atoms with E-state index in [4.69, 9.17) is 9.47 Å². The van der Waals surface area contributed by atoms with E-state index >= 15 is 0 Å². The summed E-state index contributed by atoms with van der Waals surface area (Å²) in [6, 6.07) is 5.46. The number of amides is 1. The van der Waals surface area contributed by atoms with Gasteiger partial charge in [-0.2, -0.15) is 0 Å². The fourth-order valence-electron chi connectivity index (χ4n) is 2.78. The molecule has 1 aromatic rings. The molecule has 1 fully saturated rings. The third kappa shape index (κ3) is 3.67. The molecular formula is C16H24N2O3. The van der Waals surface area contributed by atoms with Gasteiger partial charge in [-0.25, -0.2) is 0 Å². The fourth-order valence-corrected chi connectivity index (χ4v) is 2.78. The van der Waals surface area contributed by atoms with E-state index in [9.17, 15) is 4.79 Å². The highest BCUT2D eigenvalue weighted by molar-refractivity contribution is 5.99. The maximum Gasteiger partial charge on any atom is 0.259 e. The van der Waals surface area contributed by atoms with Crippen molar-refractivity contribution in [3.63, 3.8) is 0 Å². The Balaban J connectivity index is 2.12. The Morgan fingerprint density at radius 3 is 2.52 bits per heavy atom. The summed E-state index contributed by atoms with van der Waals surface area (Å²) in [6.07, 6.45) is 2.29. The number of rotatable bonds is 5. The molecular weight excluding hydrogens is 268 g/mol. The van der Waals surface area contributed by atoms with E-state index in [1.54, 1.807) is 26.4 Å². The van der Waals surface area contributed by atoms with Gasteiger partial charge in [0.05, 0.1) is 14.2 Å². The van der Waals surface area contributed by atoms with Crippen LogP contribution < -0.4 is 20.1 Å². The van der Waals surface area contributed by atoms with Crippen molar-refractivity contribution in [2.24, 2.45) is 5.92 Å². The van der Waals surface area contributed by atoms with Gasteiger partial charge in [0.25, 0.3) is 5.91 Å². The maximum absolute atomic E-state index is 12.6. The Morgan fingerprint density at radius 1 is 1.33 bits per heavy atom. The molecule has 1 amide bonds. The molecule has 5 nitrogen and oxygen atoms in total. The average Bonchev–Trinajstić information content (AvgIpc) is 2.54. The Kier molecular flexibility index (Phi) is 5.44. The Hall–Kier alpha value is -1.75. The van der Waals surface area contributed by atoms with E-state index in [2.05, 4.69) is 17.6 Å². The van der Waals surface area contributed by atoms with Gasteiger partial charge in [-0.15, -0.1) is 0 Å². The predicted molar refractivity (Wildman–Crippen MR) is 82.1 cm³/mol. The summed E-state index contributed by atoms with van der Waals surface area (Å²) in [5, 5.41) is 6.45. The van der Waals surface area contributed by atoms with Crippen LogP contribution in [0.5, 0.6) is 11.5 Å². The molecule has 0 aromatic heterocycles. The Morgan fingerprint density at radius 2 is 2.00 bits per heavy atom. The number of hydrogen-bond acceptors (Lipinski definition) is 4. The summed E-state index contributed by atoms with van der Waals surface area (Å²) in [6.45, 7) is 4.07. The first kappa shape index (κ1) is 15.6. The van der Waals surface area contributed by atoms with Gasteiger partial charge in [0, 0.05) is 6.04 Å². The number of piperidine rings is 1.